The largest absolute Gasteiger partial charge is 0.491 e. The molecule has 1 N–H and O–H groups in total. The van der Waals surface area contributed by atoms with Crippen molar-refractivity contribution >= 4 is 11.4 Å². The van der Waals surface area contributed by atoms with Gasteiger partial charge in [-0.1, -0.05) is 46.2 Å². The van der Waals surface area contributed by atoms with Crippen molar-refractivity contribution in [1.82, 2.24) is 5.32 Å². The molecule has 0 aliphatic heterocycles. The summed E-state index contributed by atoms with van der Waals surface area (Å²) in [5.74, 6) is 2.20. The van der Waals surface area contributed by atoms with Crippen molar-refractivity contribution in [3.05, 3.63) is 29.8 Å². The molecule has 0 aliphatic carbocycles. The highest BCUT2D eigenvalue weighted by molar-refractivity contribution is 5.87. The summed E-state index contributed by atoms with van der Waals surface area (Å²) in [6, 6.07) is 8.38. The normalized spacial score (nSPS) is 14.6. The maximum absolute atomic E-state index is 5.80. The summed E-state index contributed by atoms with van der Waals surface area (Å²) in [6.07, 6.45) is 2.07. The van der Waals surface area contributed by atoms with Crippen LogP contribution in [0.1, 0.15) is 53.5 Å². The summed E-state index contributed by atoms with van der Waals surface area (Å²) >= 11 is 0. The zero-order valence-corrected chi connectivity index (χ0v) is 21.3. The van der Waals surface area contributed by atoms with E-state index in [-0.39, 0.29) is 0 Å². The molecule has 0 spiro atoms. The van der Waals surface area contributed by atoms with Crippen molar-refractivity contribution in [3.8, 4) is 5.75 Å². The predicted octanol–water partition coefficient (Wildman–Crippen LogP) is 5.02. The van der Waals surface area contributed by atoms with E-state index in [1.165, 1.54) is 5.56 Å². The van der Waals surface area contributed by atoms with Crippen LogP contribution in [0.4, 0.5) is 0 Å². The van der Waals surface area contributed by atoms with Crippen LogP contribution in [0, 0.1) is 17.8 Å². The number of nitrogens with zero attached hydrogens (tertiary/aromatic N) is 2. The number of rotatable bonds is 17. The molecule has 6 heteroatoms. The lowest BCUT2D eigenvalue weighted by Crippen LogP contribution is -2.22. The van der Waals surface area contributed by atoms with E-state index in [0.29, 0.717) is 50.8 Å². The Morgan fingerprint density at radius 1 is 0.875 bits per heavy atom. The Balaban J connectivity index is 2.51. The molecule has 0 saturated heterocycles. The SMILES string of the molecule is CCC(C)[C@@H](Cc1ccc(OCCOCCOCCNC)cc1)/C(C)=N/N=C(/C)C(C)C. The van der Waals surface area contributed by atoms with Gasteiger partial charge < -0.3 is 19.5 Å². The highest BCUT2D eigenvalue weighted by atomic mass is 16.5. The molecule has 1 aromatic rings. The molecule has 0 fully saturated rings. The third kappa shape index (κ3) is 11.7. The maximum atomic E-state index is 5.80. The first-order valence-electron chi connectivity index (χ1n) is 12.0. The van der Waals surface area contributed by atoms with Crippen LogP contribution in [0.25, 0.3) is 0 Å². The topological polar surface area (TPSA) is 64.4 Å². The molecule has 0 heterocycles. The Kier molecular flexibility index (Phi) is 14.9. The van der Waals surface area contributed by atoms with Crippen LogP contribution in [-0.4, -0.2) is 58.1 Å². The highest BCUT2D eigenvalue weighted by Crippen LogP contribution is 2.24. The van der Waals surface area contributed by atoms with Crippen LogP contribution in [0.2, 0.25) is 0 Å². The fraction of sp³-hybridized carbons (Fsp3) is 0.692. The van der Waals surface area contributed by atoms with Crippen molar-refractivity contribution in [2.75, 3.05) is 46.6 Å². The molecule has 182 valence electrons. The van der Waals surface area contributed by atoms with E-state index in [9.17, 15) is 0 Å². The zero-order chi connectivity index (χ0) is 23.8. The standard InChI is InChI=1S/C26H45N3O3/c1-8-21(4)26(23(6)29-28-22(5)20(2)3)19-24-9-11-25(12-10-24)32-18-17-31-16-15-30-14-13-27-7/h9-12,20-21,26-27H,8,13-19H2,1-7H3/b28-22-,29-23+/t21?,26-/m1/s1. The predicted molar refractivity (Wildman–Crippen MR) is 135 cm³/mol. The summed E-state index contributed by atoms with van der Waals surface area (Å²) in [4.78, 5) is 0. The average Bonchev–Trinajstić information content (AvgIpc) is 2.79. The van der Waals surface area contributed by atoms with Crippen molar-refractivity contribution in [1.29, 1.82) is 0 Å². The Morgan fingerprint density at radius 3 is 2.06 bits per heavy atom. The van der Waals surface area contributed by atoms with Crippen LogP contribution < -0.4 is 10.1 Å². The Hall–Kier alpha value is -1.76. The lowest BCUT2D eigenvalue weighted by molar-refractivity contribution is 0.0376. The molecule has 0 aromatic heterocycles. The van der Waals surface area contributed by atoms with Gasteiger partial charge in [0, 0.05) is 23.9 Å². The minimum Gasteiger partial charge on any atom is -0.491 e. The average molecular weight is 448 g/mol. The smallest absolute Gasteiger partial charge is 0.119 e. The van der Waals surface area contributed by atoms with Gasteiger partial charge in [-0.05, 0) is 56.8 Å². The van der Waals surface area contributed by atoms with Crippen LogP contribution in [0.3, 0.4) is 0 Å². The molecule has 0 aliphatic rings. The second-order valence-corrected chi connectivity index (χ2v) is 8.65. The molecule has 1 unspecified atom stereocenters. The first-order valence-corrected chi connectivity index (χ1v) is 12.0. The van der Waals surface area contributed by atoms with Gasteiger partial charge in [0.2, 0.25) is 0 Å². The molecule has 0 bridgehead atoms. The van der Waals surface area contributed by atoms with Crippen LogP contribution in [0.15, 0.2) is 34.5 Å². The molecule has 2 atom stereocenters. The Morgan fingerprint density at radius 2 is 1.47 bits per heavy atom. The lowest BCUT2D eigenvalue weighted by atomic mass is 9.83. The van der Waals surface area contributed by atoms with E-state index < -0.39 is 0 Å². The van der Waals surface area contributed by atoms with E-state index in [2.05, 4.69) is 62.3 Å². The van der Waals surface area contributed by atoms with Crippen LogP contribution in [-0.2, 0) is 15.9 Å². The van der Waals surface area contributed by atoms with E-state index in [0.717, 1.165) is 36.6 Å². The molecule has 1 rings (SSSR count). The molecule has 1 aromatic carbocycles. The summed E-state index contributed by atoms with van der Waals surface area (Å²) < 4.78 is 16.8. The number of ether oxygens (including phenoxy) is 3. The van der Waals surface area contributed by atoms with Crippen molar-refractivity contribution in [2.45, 2.75) is 54.4 Å². The summed E-state index contributed by atoms with van der Waals surface area (Å²) in [7, 11) is 1.91. The monoisotopic (exact) mass is 447 g/mol. The fourth-order valence-electron chi connectivity index (χ4n) is 3.08. The van der Waals surface area contributed by atoms with Crippen molar-refractivity contribution in [2.24, 2.45) is 28.0 Å². The van der Waals surface area contributed by atoms with Crippen molar-refractivity contribution in [3.63, 3.8) is 0 Å². The van der Waals surface area contributed by atoms with Gasteiger partial charge in [-0.3, -0.25) is 0 Å². The molecule has 0 radical (unpaired) electrons. The molecule has 0 amide bonds. The first-order chi connectivity index (χ1) is 15.4. The fourth-order valence-corrected chi connectivity index (χ4v) is 3.08. The van der Waals surface area contributed by atoms with Gasteiger partial charge >= 0.3 is 0 Å². The van der Waals surface area contributed by atoms with E-state index in [1.54, 1.807) is 0 Å². The van der Waals surface area contributed by atoms with Gasteiger partial charge in [-0.25, -0.2) is 0 Å². The van der Waals surface area contributed by atoms with Gasteiger partial charge in [0.15, 0.2) is 0 Å². The van der Waals surface area contributed by atoms with E-state index in [1.807, 2.05) is 26.1 Å². The van der Waals surface area contributed by atoms with Gasteiger partial charge in [0.1, 0.15) is 12.4 Å². The van der Waals surface area contributed by atoms with Crippen molar-refractivity contribution < 1.29 is 14.2 Å². The van der Waals surface area contributed by atoms with E-state index >= 15 is 0 Å². The summed E-state index contributed by atoms with van der Waals surface area (Å²) in [6.45, 7) is 16.8. The minimum absolute atomic E-state index is 0.374. The quantitative estimate of drug-likeness (QED) is 0.207. The van der Waals surface area contributed by atoms with Gasteiger partial charge in [-0.15, -0.1) is 0 Å². The van der Waals surface area contributed by atoms with E-state index in [4.69, 9.17) is 14.2 Å². The van der Waals surface area contributed by atoms with Gasteiger partial charge in [0.05, 0.1) is 26.4 Å². The molecule has 6 nitrogen and oxygen atoms in total. The third-order valence-corrected chi connectivity index (χ3v) is 5.81. The minimum atomic E-state index is 0.374. The number of likely N-dealkylation sites (N-methyl/N-ethyl adjacent to an activating group) is 1. The molecule has 32 heavy (non-hydrogen) atoms. The zero-order valence-electron chi connectivity index (χ0n) is 21.3. The van der Waals surface area contributed by atoms with Gasteiger partial charge in [0.25, 0.3) is 0 Å². The van der Waals surface area contributed by atoms with Gasteiger partial charge in [-0.2, -0.15) is 10.2 Å². The first kappa shape index (κ1) is 28.3. The van der Waals surface area contributed by atoms with Crippen LogP contribution in [0.5, 0.6) is 5.75 Å². The maximum Gasteiger partial charge on any atom is 0.119 e. The summed E-state index contributed by atoms with van der Waals surface area (Å²) in [5, 5.41) is 12.1. The second-order valence-electron chi connectivity index (χ2n) is 8.65. The van der Waals surface area contributed by atoms with Crippen LogP contribution >= 0.6 is 0 Å². The molecule has 0 saturated carbocycles. The number of benzene rings is 1. The number of hydrogen-bond donors (Lipinski definition) is 1. The molecular weight excluding hydrogens is 402 g/mol. The lowest BCUT2D eigenvalue weighted by Gasteiger charge is -2.23. The Bertz CT molecular complexity index is 671. The third-order valence-electron chi connectivity index (χ3n) is 5.81. The Labute approximate surface area is 195 Å². The number of nitrogens with one attached hydrogen (secondary N) is 1. The number of hydrogen-bond acceptors (Lipinski definition) is 6. The summed E-state index contributed by atoms with van der Waals surface area (Å²) in [5.41, 5.74) is 3.46. The molecular formula is C26H45N3O3. The second kappa shape index (κ2) is 16.8. The highest BCUT2D eigenvalue weighted by Gasteiger charge is 2.20.